The third-order valence-corrected chi connectivity index (χ3v) is 5.59. The summed E-state index contributed by atoms with van der Waals surface area (Å²) in [5, 5.41) is 6.92. The van der Waals surface area contributed by atoms with E-state index in [1.54, 1.807) is 7.11 Å². The second-order valence-electron chi connectivity index (χ2n) is 6.34. The highest BCUT2D eigenvalue weighted by Gasteiger charge is 2.36. The van der Waals surface area contributed by atoms with Crippen LogP contribution >= 0.6 is 11.8 Å². The first-order valence-corrected chi connectivity index (χ1v) is 8.68. The molecule has 0 aliphatic heterocycles. The highest BCUT2D eigenvalue weighted by Crippen LogP contribution is 2.43. The minimum Gasteiger partial charge on any atom is -0.385 e. The summed E-state index contributed by atoms with van der Waals surface area (Å²) in [5.74, 6) is 0.913. The van der Waals surface area contributed by atoms with Crippen LogP contribution in [-0.4, -0.2) is 50.8 Å². The van der Waals surface area contributed by atoms with Crippen LogP contribution in [0.3, 0.4) is 0 Å². The van der Waals surface area contributed by atoms with Crippen molar-refractivity contribution in [2.45, 2.75) is 44.3 Å². The van der Waals surface area contributed by atoms with Crippen molar-refractivity contribution >= 4 is 17.7 Å². The molecule has 0 amide bonds. The SMILES string of the molecule is CN=C(NCC1(CCOC)CCC1)NCC(C)(C)SC. The van der Waals surface area contributed by atoms with Crippen LogP contribution in [0.5, 0.6) is 0 Å². The maximum absolute atomic E-state index is 5.24. The lowest BCUT2D eigenvalue weighted by Crippen LogP contribution is -2.49. The molecule has 0 bridgehead atoms. The molecule has 5 heteroatoms. The topological polar surface area (TPSA) is 45.7 Å². The molecule has 2 N–H and O–H groups in total. The molecule has 1 rings (SSSR count). The van der Waals surface area contributed by atoms with Gasteiger partial charge in [-0.05, 0) is 44.8 Å². The van der Waals surface area contributed by atoms with Crippen molar-refractivity contribution in [3.63, 3.8) is 0 Å². The molecule has 1 aliphatic rings. The second-order valence-corrected chi connectivity index (χ2v) is 7.85. The molecule has 0 atom stereocenters. The number of rotatable bonds is 8. The lowest BCUT2D eigenvalue weighted by Gasteiger charge is -2.42. The summed E-state index contributed by atoms with van der Waals surface area (Å²) in [5.41, 5.74) is 0.419. The highest BCUT2D eigenvalue weighted by molar-refractivity contribution is 7.99. The maximum atomic E-state index is 5.24. The molecule has 0 aromatic rings. The van der Waals surface area contributed by atoms with Gasteiger partial charge >= 0.3 is 0 Å². The van der Waals surface area contributed by atoms with Crippen LogP contribution in [0.15, 0.2) is 4.99 Å². The first kappa shape index (κ1) is 17.6. The fourth-order valence-corrected chi connectivity index (χ4v) is 2.59. The van der Waals surface area contributed by atoms with Crippen LogP contribution in [0, 0.1) is 5.41 Å². The van der Waals surface area contributed by atoms with E-state index < -0.39 is 0 Å². The summed E-state index contributed by atoms with van der Waals surface area (Å²) in [6.45, 7) is 7.25. The largest absolute Gasteiger partial charge is 0.385 e. The van der Waals surface area contributed by atoms with E-state index in [1.807, 2.05) is 18.8 Å². The van der Waals surface area contributed by atoms with Gasteiger partial charge in [-0.2, -0.15) is 11.8 Å². The van der Waals surface area contributed by atoms with Crippen LogP contribution in [0.1, 0.15) is 39.5 Å². The predicted molar refractivity (Wildman–Crippen MR) is 89.7 cm³/mol. The van der Waals surface area contributed by atoms with Crippen LogP contribution in [0.2, 0.25) is 0 Å². The summed E-state index contributed by atoms with van der Waals surface area (Å²) < 4.78 is 5.46. The van der Waals surface area contributed by atoms with Gasteiger partial charge < -0.3 is 15.4 Å². The van der Waals surface area contributed by atoms with Gasteiger partial charge in [0, 0.05) is 38.6 Å². The Labute approximate surface area is 128 Å². The average Bonchev–Trinajstić information content (AvgIpc) is 2.40. The van der Waals surface area contributed by atoms with Gasteiger partial charge in [-0.25, -0.2) is 0 Å². The molecule has 1 saturated carbocycles. The minimum absolute atomic E-state index is 0.224. The first-order chi connectivity index (χ1) is 9.47. The van der Waals surface area contributed by atoms with Crippen molar-refractivity contribution in [2.75, 3.05) is 40.1 Å². The molecule has 0 aromatic carbocycles. The number of guanidine groups is 1. The van der Waals surface area contributed by atoms with Gasteiger partial charge in [-0.1, -0.05) is 6.42 Å². The van der Waals surface area contributed by atoms with Gasteiger partial charge in [0.15, 0.2) is 5.96 Å². The van der Waals surface area contributed by atoms with Crippen LogP contribution in [-0.2, 0) is 4.74 Å². The molecule has 0 radical (unpaired) electrons. The highest BCUT2D eigenvalue weighted by atomic mass is 32.2. The van der Waals surface area contributed by atoms with Crippen LogP contribution in [0.4, 0.5) is 0 Å². The monoisotopic (exact) mass is 301 g/mol. The van der Waals surface area contributed by atoms with E-state index in [9.17, 15) is 0 Å². The molecule has 118 valence electrons. The van der Waals surface area contributed by atoms with Crippen molar-refractivity contribution in [1.29, 1.82) is 0 Å². The molecule has 1 fully saturated rings. The summed E-state index contributed by atoms with van der Waals surface area (Å²) in [4.78, 5) is 4.32. The standard InChI is InChI=1S/C15H31N3OS/c1-14(2,20-5)11-17-13(16-3)18-12-15(7-6-8-15)9-10-19-4/h6-12H2,1-5H3,(H2,16,17,18). The molecule has 0 heterocycles. The van der Waals surface area contributed by atoms with E-state index >= 15 is 0 Å². The van der Waals surface area contributed by atoms with Crippen molar-refractivity contribution < 1.29 is 4.74 Å². The molecular formula is C15H31N3OS. The molecule has 4 nitrogen and oxygen atoms in total. The minimum atomic E-state index is 0.224. The van der Waals surface area contributed by atoms with Crippen LogP contribution < -0.4 is 10.6 Å². The van der Waals surface area contributed by atoms with Crippen molar-refractivity contribution in [1.82, 2.24) is 10.6 Å². The zero-order valence-electron chi connectivity index (χ0n) is 13.7. The van der Waals surface area contributed by atoms with Gasteiger partial charge in [0.25, 0.3) is 0 Å². The fourth-order valence-electron chi connectivity index (χ4n) is 2.37. The van der Waals surface area contributed by atoms with E-state index in [1.165, 1.54) is 19.3 Å². The number of hydrogen-bond donors (Lipinski definition) is 2. The van der Waals surface area contributed by atoms with Crippen molar-refractivity contribution in [2.24, 2.45) is 10.4 Å². The van der Waals surface area contributed by atoms with E-state index in [4.69, 9.17) is 4.74 Å². The number of aliphatic imine (C=N–C) groups is 1. The van der Waals surface area contributed by atoms with Gasteiger partial charge in [0.2, 0.25) is 0 Å². The zero-order chi connectivity index (χ0) is 15.1. The van der Waals surface area contributed by atoms with E-state index in [2.05, 4.69) is 35.7 Å². The van der Waals surface area contributed by atoms with Crippen LogP contribution in [0.25, 0.3) is 0 Å². The third-order valence-electron chi connectivity index (χ3n) is 4.34. The smallest absolute Gasteiger partial charge is 0.191 e. The Bertz CT molecular complexity index is 314. The number of nitrogens with zero attached hydrogens (tertiary/aromatic N) is 1. The lowest BCUT2D eigenvalue weighted by atomic mass is 9.67. The Kier molecular flexibility index (Phi) is 7.17. The summed E-state index contributed by atoms with van der Waals surface area (Å²) >= 11 is 1.87. The third kappa shape index (κ3) is 5.52. The number of methoxy groups -OCH3 is 1. The molecule has 0 unspecified atom stereocenters. The van der Waals surface area contributed by atoms with E-state index in [0.717, 1.165) is 32.1 Å². The lowest BCUT2D eigenvalue weighted by molar-refractivity contribution is 0.0732. The number of thioether (sulfide) groups is 1. The molecular weight excluding hydrogens is 270 g/mol. The Morgan fingerprint density at radius 2 is 2.05 bits per heavy atom. The average molecular weight is 301 g/mol. The summed E-state index contributed by atoms with van der Waals surface area (Å²) in [6, 6.07) is 0. The molecule has 0 aromatic heterocycles. The van der Waals surface area contributed by atoms with Crippen molar-refractivity contribution in [3.8, 4) is 0 Å². The number of ether oxygens (including phenoxy) is 1. The maximum Gasteiger partial charge on any atom is 0.191 e. The Hall–Kier alpha value is -0.420. The van der Waals surface area contributed by atoms with Gasteiger partial charge in [-0.3, -0.25) is 4.99 Å². The number of hydrogen-bond acceptors (Lipinski definition) is 3. The normalized spacial score (nSPS) is 18.6. The molecule has 0 saturated heterocycles. The van der Waals surface area contributed by atoms with Gasteiger partial charge in [0.05, 0.1) is 0 Å². The second kappa shape index (κ2) is 8.13. The van der Waals surface area contributed by atoms with Gasteiger partial charge in [-0.15, -0.1) is 0 Å². The van der Waals surface area contributed by atoms with E-state index in [0.29, 0.717) is 5.41 Å². The predicted octanol–water partition coefficient (Wildman–Crippen LogP) is 2.50. The van der Waals surface area contributed by atoms with Gasteiger partial charge in [0.1, 0.15) is 0 Å². The Morgan fingerprint density at radius 1 is 1.35 bits per heavy atom. The Morgan fingerprint density at radius 3 is 2.50 bits per heavy atom. The zero-order valence-corrected chi connectivity index (χ0v) is 14.5. The quantitative estimate of drug-likeness (QED) is 0.534. The fraction of sp³-hybridized carbons (Fsp3) is 0.933. The molecule has 1 aliphatic carbocycles. The summed E-state index contributed by atoms with van der Waals surface area (Å²) in [7, 11) is 3.62. The molecule has 0 spiro atoms. The van der Waals surface area contributed by atoms with Crippen molar-refractivity contribution in [3.05, 3.63) is 0 Å². The Balaban J connectivity index is 2.37. The van der Waals surface area contributed by atoms with E-state index in [-0.39, 0.29) is 4.75 Å². The molecule has 20 heavy (non-hydrogen) atoms. The number of nitrogens with one attached hydrogen (secondary N) is 2. The summed E-state index contributed by atoms with van der Waals surface area (Å²) in [6.07, 6.45) is 7.24. The first-order valence-electron chi connectivity index (χ1n) is 7.45.